The Morgan fingerprint density at radius 3 is 2.90 bits per heavy atom. The zero-order valence-electron chi connectivity index (χ0n) is 11.8. The Kier molecular flexibility index (Phi) is 3.43. The van der Waals surface area contributed by atoms with E-state index < -0.39 is 0 Å². The summed E-state index contributed by atoms with van der Waals surface area (Å²) in [6, 6.07) is 5.33. The molecule has 21 heavy (non-hydrogen) atoms. The highest BCUT2D eigenvalue weighted by Gasteiger charge is 2.25. The maximum atomic E-state index is 14.8. The monoisotopic (exact) mass is 285 g/mol. The Hall–Kier alpha value is -2.27. The molecule has 1 aliphatic heterocycles. The van der Waals surface area contributed by atoms with Crippen LogP contribution in [0.15, 0.2) is 30.6 Å². The van der Waals surface area contributed by atoms with Crippen LogP contribution >= 0.6 is 0 Å². The van der Waals surface area contributed by atoms with Crippen molar-refractivity contribution in [1.82, 2.24) is 4.98 Å². The summed E-state index contributed by atoms with van der Waals surface area (Å²) in [6.07, 6.45) is 4.07. The van der Waals surface area contributed by atoms with E-state index in [9.17, 15) is 9.18 Å². The number of halogens is 1. The number of rotatable bonds is 2. The van der Waals surface area contributed by atoms with Crippen molar-refractivity contribution >= 4 is 11.6 Å². The number of carbonyl (C=O) groups is 1. The van der Waals surface area contributed by atoms with Gasteiger partial charge in [-0.1, -0.05) is 0 Å². The average Bonchev–Trinajstić information content (AvgIpc) is 2.51. The molecule has 0 radical (unpaired) electrons. The topological polar surface area (TPSA) is 59.2 Å². The number of carbonyl (C=O) groups excluding carboxylic acids is 1. The van der Waals surface area contributed by atoms with Crippen LogP contribution in [0.5, 0.6) is 0 Å². The lowest BCUT2D eigenvalue weighted by Gasteiger charge is -2.26. The van der Waals surface area contributed by atoms with Gasteiger partial charge in [0.15, 0.2) is 0 Å². The molecule has 0 bridgehead atoms. The van der Waals surface area contributed by atoms with Crippen LogP contribution in [0.1, 0.15) is 17.5 Å². The number of amides is 1. The van der Waals surface area contributed by atoms with Crippen LogP contribution in [0.2, 0.25) is 0 Å². The average molecular weight is 285 g/mol. The van der Waals surface area contributed by atoms with Crippen LogP contribution in [0.25, 0.3) is 11.1 Å². The van der Waals surface area contributed by atoms with Gasteiger partial charge < -0.3 is 10.6 Å². The van der Waals surface area contributed by atoms with Crippen LogP contribution in [0.3, 0.4) is 0 Å². The molecule has 0 atom stereocenters. The van der Waals surface area contributed by atoms with Gasteiger partial charge in [-0.2, -0.15) is 0 Å². The number of nitrogens with two attached hydrogens (primary N) is 1. The third-order valence-electron chi connectivity index (χ3n) is 3.88. The summed E-state index contributed by atoms with van der Waals surface area (Å²) < 4.78 is 14.8. The number of hydrogen-bond acceptors (Lipinski definition) is 3. The first-order chi connectivity index (χ1) is 10.1. The van der Waals surface area contributed by atoms with Crippen LogP contribution in [-0.4, -0.2) is 17.9 Å². The number of anilines is 1. The van der Waals surface area contributed by atoms with Crippen molar-refractivity contribution in [3.63, 3.8) is 0 Å². The molecule has 3 rings (SSSR count). The predicted molar refractivity (Wildman–Crippen MR) is 79.3 cm³/mol. The Bertz CT molecular complexity index is 715. The number of benzene rings is 1. The molecular weight excluding hydrogens is 269 g/mol. The van der Waals surface area contributed by atoms with Crippen molar-refractivity contribution in [2.24, 2.45) is 5.73 Å². The quantitative estimate of drug-likeness (QED) is 0.920. The summed E-state index contributed by atoms with van der Waals surface area (Å²) in [4.78, 5) is 17.3. The van der Waals surface area contributed by atoms with E-state index in [4.69, 9.17) is 5.73 Å². The number of fused-ring (bicyclic) bond motifs is 1. The van der Waals surface area contributed by atoms with Crippen molar-refractivity contribution in [3.05, 3.63) is 47.5 Å². The van der Waals surface area contributed by atoms with Gasteiger partial charge in [0.1, 0.15) is 5.82 Å². The van der Waals surface area contributed by atoms with E-state index in [2.05, 4.69) is 4.98 Å². The van der Waals surface area contributed by atoms with E-state index >= 15 is 0 Å². The molecule has 1 amide bonds. The second-order valence-electron chi connectivity index (χ2n) is 5.16. The minimum atomic E-state index is -0.275. The molecule has 108 valence electrons. The van der Waals surface area contributed by atoms with Gasteiger partial charge in [-0.25, -0.2) is 4.39 Å². The van der Waals surface area contributed by atoms with Crippen LogP contribution in [0, 0.1) is 5.82 Å². The summed E-state index contributed by atoms with van der Waals surface area (Å²) in [7, 11) is 1.68. The van der Waals surface area contributed by atoms with Gasteiger partial charge in [0.05, 0.1) is 0 Å². The third-order valence-corrected chi connectivity index (χ3v) is 3.88. The highest BCUT2D eigenvalue weighted by molar-refractivity contribution is 5.96. The van der Waals surface area contributed by atoms with Gasteiger partial charge in [-0.05, 0) is 30.2 Å². The van der Waals surface area contributed by atoms with Crippen molar-refractivity contribution in [2.45, 2.75) is 19.4 Å². The van der Waals surface area contributed by atoms with Gasteiger partial charge in [-0.15, -0.1) is 0 Å². The maximum Gasteiger partial charge on any atom is 0.227 e. The fourth-order valence-corrected chi connectivity index (χ4v) is 2.67. The number of nitrogens with zero attached hydrogens (tertiary/aromatic N) is 2. The summed E-state index contributed by atoms with van der Waals surface area (Å²) in [6.45, 7) is 0.366. The van der Waals surface area contributed by atoms with E-state index in [0.29, 0.717) is 41.8 Å². The summed E-state index contributed by atoms with van der Waals surface area (Å²) in [5, 5.41) is 0. The molecule has 0 saturated heterocycles. The van der Waals surface area contributed by atoms with Gasteiger partial charge in [0.2, 0.25) is 5.91 Å². The summed E-state index contributed by atoms with van der Waals surface area (Å²) in [5.74, 6) is -0.260. The summed E-state index contributed by atoms with van der Waals surface area (Å²) in [5.41, 5.74) is 8.90. The van der Waals surface area contributed by atoms with E-state index in [0.717, 1.165) is 5.56 Å². The first kappa shape index (κ1) is 13.7. The van der Waals surface area contributed by atoms with E-state index in [-0.39, 0.29) is 11.7 Å². The largest absolute Gasteiger partial charge is 0.326 e. The lowest BCUT2D eigenvalue weighted by molar-refractivity contribution is -0.118. The number of aromatic nitrogens is 1. The first-order valence-corrected chi connectivity index (χ1v) is 6.84. The second kappa shape index (κ2) is 5.26. The minimum Gasteiger partial charge on any atom is -0.326 e. The van der Waals surface area contributed by atoms with Crippen molar-refractivity contribution in [3.8, 4) is 11.1 Å². The molecule has 5 heteroatoms. The molecule has 0 fully saturated rings. The molecule has 1 aromatic carbocycles. The lowest BCUT2D eigenvalue weighted by Crippen LogP contribution is -2.31. The molecule has 0 spiro atoms. The summed E-state index contributed by atoms with van der Waals surface area (Å²) >= 11 is 0. The Labute approximate surface area is 122 Å². The molecule has 2 aromatic rings. The zero-order valence-corrected chi connectivity index (χ0v) is 11.8. The van der Waals surface area contributed by atoms with Crippen molar-refractivity contribution in [2.75, 3.05) is 11.9 Å². The first-order valence-electron chi connectivity index (χ1n) is 6.84. The van der Waals surface area contributed by atoms with Crippen molar-refractivity contribution in [1.29, 1.82) is 0 Å². The smallest absolute Gasteiger partial charge is 0.227 e. The normalized spacial score (nSPS) is 14.2. The molecule has 0 aliphatic carbocycles. The minimum absolute atomic E-state index is 0.0152. The fourth-order valence-electron chi connectivity index (χ4n) is 2.67. The Morgan fingerprint density at radius 1 is 1.33 bits per heavy atom. The lowest BCUT2D eigenvalue weighted by atomic mass is 9.95. The Balaban J connectivity index is 2.11. The number of pyridine rings is 1. The zero-order chi connectivity index (χ0) is 15.0. The molecule has 4 nitrogen and oxygen atoms in total. The predicted octanol–water partition coefficient (Wildman–Crippen LogP) is 2.26. The molecule has 2 N–H and O–H groups in total. The van der Waals surface area contributed by atoms with E-state index in [1.807, 2.05) is 6.07 Å². The molecule has 1 aromatic heterocycles. The standard InChI is InChI=1S/C16H16FN3O/c1-20-14-4-2-12(11-6-10(7-18)8-19-9-11)16(17)13(14)3-5-15(20)21/h2,4,6,8-9H,3,5,7,18H2,1H3. The van der Waals surface area contributed by atoms with Gasteiger partial charge in [0.25, 0.3) is 0 Å². The molecule has 1 aliphatic rings. The van der Waals surface area contributed by atoms with Crippen molar-refractivity contribution < 1.29 is 9.18 Å². The molecule has 0 saturated carbocycles. The van der Waals surface area contributed by atoms with E-state index in [1.54, 1.807) is 31.6 Å². The molecule has 2 heterocycles. The second-order valence-corrected chi connectivity index (χ2v) is 5.16. The molecule has 0 unspecified atom stereocenters. The highest BCUT2D eigenvalue weighted by Crippen LogP contribution is 2.34. The highest BCUT2D eigenvalue weighted by atomic mass is 19.1. The maximum absolute atomic E-state index is 14.8. The van der Waals surface area contributed by atoms with Crippen LogP contribution in [0.4, 0.5) is 10.1 Å². The Morgan fingerprint density at radius 2 is 2.14 bits per heavy atom. The molecular formula is C16H16FN3O. The van der Waals surface area contributed by atoms with E-state index in [1.165, 1.54) is 4.90 Å². The van der Waals surface area contributed by atoms with Crippen LogP contribution in [-0.2, 0) is 17.8 Å². The third kappa shape index (κ3) is 2.29. The van der Waals surface area contributed by atoms with Gasteiger partial charge >= 0.3 is 0 Å². The SMILES string of the molecule is CN1C(=O)CCc2c1ccc(-c1cncc(CN)c1)c2F. The van der Waals surface area contributed by atoms with Crippen LogP contribution < -0.4 is 10.6 Å². The van der Waals surface area contributed by atoms with Gasteiger partial charge in [0, 0.05) is 54.8 Å². The number of hydrogen-bond donors (Lipinski definition) is 1. The fraction of sp³-hybridized carbons (Fsp3) is 0.250. The van der Waals surface area contributed by atoms with Gasteiger partial charge in [-0.3, -0.25) is 9.78 Å².